The quantitative estimate of drug-likeness (QED) is 0.826. The lowest BCUT2D eigenvalue weighted by Crippen LogP contribution is -1.95. The van der Waals surface area contributed by atoms with Crippen LogP contribution >= 0.6 is 0 Å². The van der Waals surface area contributed by atoms with Gasteiger partial charge in [0, 0.05) is 0 Å². The molecule has 0 aliphatic rings. The first-order chi connectivity index (χ1) is 7.24. The third kappa shape index (κ3) is 2.43. The van der Waals surface area contributed by atoms with E-state index in [4.69, 9.17) is 14.9 Å². The van der Waals surface area contributed by atoms with Crippen molar-refractivity contribution in [3.63, 3.8) is 0 Å². The second kappa shape index (κ2) is 3.95. The van der Waals surface area contributed by atoms with E-state index < -0.39 is 0 Å². The zero-order valence-electron chi connectivity index (χ0n) is 7.68. The molecule has 0 amide bonds. The molecule has 2 N–H and O–H groups in total. The molecule has 0 atom stereocenters. The molecule has 0 aliphatic carbocycles. The summed E-state index contributed by atoms with van der Waals surface area (Å²) in [7, 11) is 0. The average molecular weight is 209 g/mol. The van der Waals surface area contributed by atoms with Crippen molar-refractivity contribution in [2.75, 3.05) is 5.73 Å². The molecule has 0 radical (unpaired) electrons. The lowest BCUT2D eigenvalue weighted by molar-refractivity contribution is 0.264. The van der Waals surface area contributed by atoms with Gasteiger partial charge in [-0.05, 0) is 24.3 Å². The van der Waals surface area contributed by atoms with Crippen LogP contribution in [0.15, 0.2) is 28.7 Å². The van der Waals surface area contributed by atoms with Crippen LogP contribution in [0.25, 0.3) is 0 Å². The highest BCUT2D eigenvalue weighted by molar-refractivity contribution is 5.22. The Hall–Kier alpha value is -2.11. The number of benzene rings is 1. The molecule has 0 aliphatic heterocycles. The van der Waals surface area contributed by atoms with Gasteiger partial charge in [0.2, 0.25) is 0 Å². The van der Waals surface area contributed by atoms with E-state index in [9.17, 15) is 4.39 Å². The molecule has 1 heterocycles. The molecular formula is C9H8FN3O2. The number of anilines is 1. The zero-order valence-corrected chi connectivity index (χ0v) is 7.68. The van der Waals surface area contributed by atoms with Gasteiger partial charge in [-0.1, -0.05) is 5.10 Å². The first-order valence-electron chi connectivity index (χ1n) is 4.20. The number of ether oxygens (including phenoxy) is 1. The van der Waals surface area contributed by atoms with Crippen LogP contribution in [0.3, 0.4) is 0 Å². The molecular weight excluding hydrogens is 201 g/mol. The van der Waals surface area contributed by atoms with Crippen LogP contribution in [-0.2, 0) is 6.61 Å². The standard InChI is InChI=1S/C9H8FN3O2/c10-6-1-3-7(4-2-6)14-5-8-12-13-9(11)15-8/h1-4H,5H2,(H2,11,13). The minimum atomic E-state index is -0.315. The van der Waals surface area contributed by atoms with Crippen molar-refractivity contribution >= 4 is 6.01 Å². The van der Waals surface area contributed by atoms with Crippen LogP contribution in [-0.4, -0.2) is 10.2 Å². The molecule has 0 saturated heterocycles. The molecule has 78 valence electrons. The number of hydrogen-bond acceptors (Lipinski definition) is 5. The van der Waals surface area contributed by atoms with Gasteiger partial charge >= 0.3 is 6.01 Å². The summed E-state index contributed by atoms with van der Waals surface area (Å²) >= 11 is 0. The van der Waals surface area contributed by atoms with Gasteiger partial charge in [0.05, 0.1) is 0 Å². The number of rotatable bonds is 3. The first-order valence-corrected chi connectivity index (χ1v) is 4.20. The Kier molecular flexibility index (Phi) is 2.49. The van der Waals surface area contributed by atoms with Gasteiger partial charge in [-0.3, -0.25) is 0 Å². The van der Waals surface area contributed by atoms with Gasteiger partial charge in [-0.25, -0.2) is 4.39 Å². The number of halogens is 1. The molecule has 15 heavy (non-hydrogen) atoms. The van der Waals surface area contributed by atoms with Crippen molar-refractivity contribution < 1.29 is 13.5 Å². The second-order valence-corrected chi connectivity index (χ2v) is 2.78. The number of nitrogens with zero attached hydrogens (tertiary/aromatic N) is 2. The monoisotopic (exact) mass is 209 g/mol. The van der Waals surface area contributed by atoms with Crippen molar-refractivity contribution in [2.24, 2.45) is 0 Å². The number of aromatic nitrogens is 2. The molecule has 0 bridgehead atoms. The summed E-state index contributed by atoms with van der Waals surface area (Å²) in [5, 5.41) is 7.07. The van der Waals surface area contributed by atoms with Crippen LogP contribution in [0.4, 0.5) is 10.4 Å². The van der Waals surface area contributed by atoms with E-state index in [1.807, 2.05) is 0 Å². The lowest BCUT2D eigenvalue weighted by Gasteiger charge is -2.01. The Labute approximate surface area is 84.7 Å². The van der Waals surface area contributed by atoms with Crippen molar-refractivity contribution in [1.29, 1.82) is 0 Å². The van der Waals surface area contributed by atoms with Gasteiger partial charge in [-0.15, -0.1) is 5.10 Å². The third-order valence-corrected chi connectivity index (χ3v) is 1.66. The van der Waals surface area contributed by atoms with E-state index >= 15 is 0 Å². The maximum Gasteiger partial charge on any atom is 0.312 e. The van der Waals surface area contributed by atoms with Crippen LogP contribution in [0.1, 0.15) is 5.89 Å². The topological polar surface area (TPSA) is 74.2 Å². The normalized spacial score (nSPS) is 10.2. The number of nitrogen functional groups attached to an aromatic ring is 1. The van der Waals surface area contributed by atoms with Gasteiger partial charge in [0.25, 0.3) is 5.89 Å². The van der Waals surface area contributed by atoms with Gasteiger partial charge in [0.15, 0.2) is 6.61 Å². The maximum absolute atomic E-state index is 12.5. The molecule has 1 aromatic heterocycles. The second-order valence-electron chi connectivity index (χ2n) is 2.78. The molecule has 6 heteroatoms. The Bertz CT molecular complexity index is 441. The van der Waals surface area contributed by atoms with Gasteiger partial charge in [-0.2, -0.15) is 0 Å². The first kappa shape index (κ1) is 9.45. The summed E-state index contributed by atoms with van der Waals surface area (Å²) in [6.45, 7) is 0.107. The minimum Gasteiger partial charge on any atom is -0.484 e. The van der Waals surface area contributed by atoms with Crippen LogP contribution in [0.5, 0.6) is 5.75 Å². The third-order valence-electron chi connectivity index (χ3n) is 1.66. The molecule has 2 rings (SSSR count). The highest BCUT2D eigenvalue weighted by Gasteiger charge is 2.03. The van der Waals surface area contributed by atoms with Crippen molar-refractivity contribution in [3.8, 4) is 5.75 Å². The average Bonchev–Trinajstić information content (AvgIpc) is 2.64. The summed E-state index contributed by atoms with van der Waals surface area (Å²) in [6, 6.07) is 5.62. The highest BCUT2D eigenvalue weighted by atomic mass is 19.1. The van der Waals surface area contributed by atoms with Gasteiger partial charge in [0.1, 0.15) is 11.6 Å². The fourth-order valence-corrected chi connectivity index (χ4v) is 1.00. The van der Waals surface area contributed by atoms with Crippen LogP contribution < -0.4 is 10.5 Å². The van der Waals surface area contributed by atoms with Crippen molar-refractivity contribution in [2.45, 2.75) is 6.61 Å². The molecule has 0 spiro atoms. The predicted molar refractivity (Wildman–Crippen MR) is 49.4 cm³/mol. The number of nitrogens with two attached hydrogens (primary N) is 1. The summed E-state index contributed by atoms with van der Waals surface area (Å²) in [5.74, 6) is 0.481. The fourth-order valence-electron chi connectivity index (χ4n) is 1.00. The summed E-state index contributed by atoms with van der Waals surface area (Å²) in [6.07, 6.45) is 0. The van der Waals surface area contributed by atoms with Crippen LogP contribution in [0, 0.1) is 5.82 Å². The molecule has 5 nitrogen and oxygen atoms in total. The SMILES string of the molecule is Nc1nnc(COc2ccc(F)cc2)o1. The Morgan fingerprint density at radius 3 is 2.60 bits per heavy atom. The van der Waals surface area contributed by atoms with E-state index in [0.29, 0.717) is 5.75 Å². The van der Waals surface area contributed by atoms with Crippen LogP contribution in [0.2, 0.25) is 0 Å². The van der Waals surface area contributed by atoms with E-state index in [1.165, 1.54) is 24.3 Å². The van der Waals surface area contributed by atoms with Crippen molar-refractivity contribution in [1.82, 2.24) is 10.2 Å². The summed E-state index contributed by atoms with van der Waals surface area (Å²) in [4.78, 5) is 0. The summed E-state index contributed by atoms with van der Waals surface area (Å²) in [5.41, 5.74) is 5.22. The molecule has 0 unspecified atom stereocenters. The van der Waals surface area contributed by atoms with E-state index in [0.717, 1.165) is 0 Å². The Balaban J connectivity index is 1.96. The number of hydrogen-bond donors (Lipinski definition) is 1. The zero-order chi connectivity index (χ0) is 10.7. The molecule has 2 aromatic rings. The maximum atomic E-state index is 12.5. The Morgan fingerprint density at radius 1 is 1.27 bits per heavy atom. The largest absolute Gasteiger partial charge is 0.484 e. The highest BCUT2D eigenvalue weighted by Crippen LogP contribution is 2.13. The van der Waals surface area contributed by atoms with E-state index in [2.05, 4.69) is 10.2 Å². The van der Waals surface area contributed by atoms with E-state index in [-0.39, 0.29) is 24.3 Å². The molecule has 0 saturated carbocycles. The predicted octanol–water partition coefficient (Wildman–Crippen LogP) is 1.37. The minimum absolute atomic E-state index is 0.00675. The fraction of sp³-hybridized carbons (Fsp3) is 0.111. The smallest absolute Gasteiger partial charge is 0.312 e. The molecule has 0 fully saturated rings. The lowest BCUT2D eigenvalue weighted by atomic mass is 10.3. The summed E-state index contributed by atoms with van der Waals surface area (Å²) < 4.78 is 22.7. The van der Waals surface area contributed by atoms with Crippen molar-refractivity contribution in [3.05, 3.63) is 36.0 Å². The van der Waals surface area contributed by atoms with E-state index in [1.54, 1.807) is 0 Å². The molecule has 1 aromatic carbocycles. The van der Waals surface area contributed by atoms with Gasteiger partial charge < -0.3 is 14.9 Å². The Morgan fingerprint density at radius 2 is 2.00 bits per heavy atom.